The highest BCUT2D eigenvalue weighted by molar-refractivity contribution is 5.97. The van der Waals surface area contributed by atoms with Gasteiger partial charge in [0.05, 0.1) is 10.5 Å². The van der Waals surface area contributed by atoms with Crippen LogP contribution < -0.4 is 11.1 Å². The van der Waals surface area contributed by atoms with Crippen molar-refractivity contribution in [1.29, 1.82) is 0 Å². The predicted octanol–water partition coefficient (Wildman–Crippen LogP) is 3.40. The molecule has 1 amide bonds. The highest BCUT2D eigenvalue weighted by atomic mass is 16.6. The smallest absolute Gasteiger partial charge is 0.338 e. The zero-order valence-corrected chi connectivity index (χ0v) is 15.3. The number of esters is 1. The van der Waals surface area contributed by atoms with E-state index in [0.29, 0.717) is 5.69 Å². The van der Waals surface area contributed by atoms with Crippen molar-refractivity contribution in [3.63, 3.8) is 0 Å². The SMILES string of the molecule is Cc1cccc(C(C)C)c1NC(=O)COC(=O)c1ccc(N)c([N+](=O)[O-])c1. The zero-order chi connectivity index (χ0) is 20.1. The number of nitrogen functional groups attached to an aromatic ring is 1. The van der Waals surface area contributed by atoms with E-state index in [1.54, 1.807) is 0 Å². The lowest BCUT2D eigenvalue weighted by molar-refractivity contribution is -0.383. The van der Waals surface area contributed by atoms with Gasteiger partial charge in [-0.15, -0.1) is 0 Å². The number of nitrogens with zero attached hydrogens (tertiary/aromatic N) is 1. The molecule has 0 aromatic heterocycles. The van der Waals surface area contributed by atoms with Crippen LogP contribution in [0.1, 0.15) is 41.3 Å². The molecule has 2 aromatic rings. The van der Waals surface area contributed by atoms with Crippen LogP contribution in [-0.2, 0) is 9.53 Å². The highest BCUT2D eigenvalue weighted by Gasteiger charge is 2.18. The fourth-order valence-corrected chi connectivity index (χ4v) is 2.56. The third-order valence-corrected chi connectivity index (χ3v) is 3.99. The minimum absolute atomic E-state index is 0.0533. The summed E-state index contributed by atoms with van der Waals surface area (Å²) in [6, 6.07) is 9.29. The van der Waals surface area contributed by atoms with Crippen LogP contribution in [0.5, 0.6) is 0 Å². The van der Waals surface area contributed by atoms with E-state index in [-0.39, 0.29) is 17.2 Å². The fraction of sp³-hybridized carbons (Fsp3) is 0.263. The molecular weight excluding hydrogens is 350 g/mol. The molecule has 27 heavy (non-hydrogen) atoms. The van der Waals surface area contributed by atoms with E-state index >= 15 is 0 Å². The number of anilines is 2. The van der Waals surface area contributed by atoms with E-state index in [1.165, 1.54) is 12.1 Å². The summed E-state index contributed by atoms with van der Waals surface area (Å²) in [6.45, 7) is 5.39. The molecular formula is C19H21N3O5. The van der Waals surface area contributed by atoms with Crippen LogP contribution in [0.4, 0.5) is 17.1 Å². The standard InChI is InChI=1S/C19H21N3O5/c1-11(2)14-6-4-5-12(3)18(14)21-17(23)10-27-19(24)13-7-8-15(20)16(9-13)22(25)26/h4-9,11H,10,20H2,1-3H3,(H,21,23). The Labute approximate surface area is 156 Å². The Morgan fingerprint density at radius 3 is 2.59 bits per heavy atom. The van der Waals surface area contributed by atoms with E-state index in [2.05, 4.69) is 5.32 Å². The molecule has 142 valence electrons. The number of hydrogen-bond acceptors (Lipinski definition) is 6. The lowest BCUT2D eigenvalue weighted by atomic mass is 9.98. The highest BCUT2D eigenvalue weighted by Crippen LogP contribution is 2.27. The average Bonchev–Trinajstić information content (AvgIpc) is 2.61. The maximum atomic E-state index is 12.2. The topological polar surface area (TPSA) is 125 Å². The van der Waals surface area contributed by atoms with Gasteiger partial charge in [0.15, 0.2) is 6.61 Å². The molecule has 0 spiro atoms. The number of rotatable bonds is 6. The summed E-state index contributed by atoms with van der Waals surface area (Å²) < 4.78 is 4.96. The van der Waals surface area contributed by atoms with Gasteiger partial charge < -0.3 is 15.8 Å². The molecule has 0 aliphatic carbocycles. The molecule has 0 aliphatic rings. The molecule has 0 radical (unpaired) electrons. The van der Waals surface area contributed by atoms with Gasteiger partial charge in [0.1, 0.15) is 5.69 Å². The second-order valence-electron chi connectivity index (χ2n) is 6.35. The Kier molecular flexibility index (Phi) is 6.12. The van der Waals surface area contributed by atoms with Gasteiger partial charge in [-0.25, -0.2) is 4.79 Å². The van der Waals surface area contributed by atoms with Crippen molar-refractivity contribution in [2.45, 2.75) is 26.7 Å². The number of benzene rings is 2. The summed E-state index contributed by atoms with van der Waals surface area (Å²) in [7, 11) is 0. The van der Waals surface area contributed by atoms with Gasteiger partial charge in [-0.1, -0.05) is 32.0 Å². The quantitative estimate of drug-likeness (QED) is 0.347. The minimum Gasteiger partial charge on any atom is -0.452 e. The maximum Gasteiger partial charge on any atom is 0.338 e. The van der Waals surface area contributed by atoms with Crippen LogP contribution in [0.25, 0.3) is 0 Å². The zero-order valence-electron chi connectivity index (χ0n) is 15.3. The minimum atomic E-state index is -0.845. The first-order valence-electron chi connectivity index (χ1n) is 8.31. The van der Waals surface area contributed by atoms with Crippen molar-refractivity contribution in [3.8, 4) is 0 Å². The lowest BCUT2D eigenvalue weighted by Gasteiger charge is -2.16. The number of para-hydroxylation sites is 1. The third kappa shape index (κ3) is 4.81. The molecule has 8 heteroatoms. The number of amides is 1. The van der Waals surface area contributed by atoms with Crippen LogP contribution in [0.2, 0.25) is 0 Å². The Bertz CT molecular complexity index is 893. The molecule has 0 heterocycles. The second kappa shape index (κ2) is 8.31. The summed E-state index contributed by atoms with van der Waals surface area (Å²) in [4.78, 5) is 34.5. The number of nitrogens with two attached hydrogens (primary N) is 1. The molecule has 0 unspecified atom stereocenters. The largest absolute Gasteiger partial charge is 0.452 e. The van der Waals surface area contributed by atoms with Crippen molar-refractivity contribution >= 4 is 28.9 Å². The summed E-state index contributed by atoms with van der Waals surface area (Å²) >= 11 is 0. The van der Waals surface area contributed by atoms with Gasteiger partial charge in [0, 0.05) is 11.8 Å². The van der Waals surface area contributed by atoms with E-state index < -0.39 is 29.1 Å². The Hall–Kier alpha value is -3.42. The first-order valence-corrected chi connectivity index (χ1v) is 8.31. The van der Waals surface area contributed by atoms with Gasteiger partial charge in [0.2, 0.25) is 0 Å². The lowest BCUT2D eigenvalue weighted by Crippen LogP contribution is -2.22. The molecule has 0 atom stereocenters. The summed E-state index contributed by atoms with van der Waals surface area (Å²) in [6.07, 6.45) is 0. The molecule has 0 saturated carbocycles. The number of ether oxygens (including phenoxy) is 1. The van der Waals surface area contributed by atoms with Crippen LogP contribution in [0.3, 0.4) is 0 Å². The first kappa shape index (κ1) is 19.9. The monoisotopic (exact) mass is 371 g/mol. The molecule has 3 N–H and O–H groups in total. The number of hydrogen-bond donors (Lipinski definition) is 2. The van der Waals surface area contributed by atoms with Crippen molar-refractivity contribution in [2.24, 2.45) is 0 Å². The van der Waals surface area contributed by atoms with E-state index in [4.69, 9.17) is 10.5 Å². The Morgan fingerprint density at radius 1 is 1.26 bits per heavy atom. The molecule has 0 bridgehead atoms. The summed E-state index contributed by atoms with van der Waals surface area (Å²) in [5.41, 5.74) is 7.55. The number of nitro benzene ring substituents is 1. The normalized spacial score (nSPS) is 10.5. The van der Waals surface area contributed by atoms with Gasteiger partial charge in [-0.2, -0.15) is 0 Å². The molecule has 0 aliphatic heterocycles. The van der Waals surface area contributed by atoms with Gasteiger partial charge in [-0.3, -0.25) is 14.9 Å². The number of nitrogens with one attached hydrogen (secondary N) is 1. The van der Waals surface area contributed by atoms with E-state index in [1.807, 2.05) is 39.0 Å². The number of nitro groups is 1. The van der Waals surface area contributed by atoms with Crippen LogP contribution in [-0.4, -0.2) is 23.4 Å². The number of carbonyl (C=O) groups excluding carboxylic acids is 2. The van der Waals surface area contributed by atoms with Gasteiger partial charge >= 0.3 is 5.97 Å². The molecule has 0 fully saturated rings. The van der Waals surface area contributed by atoms with Gasteiger partial charge in [0.25, 0.3) is 11.6 Å². The summed E-state index contributed by atoms with van der Waals surface area (Å²) in [5.74, 6) is -1.13. The van der Waals surface area contributed by atoms with Crippen LogP contribution in [0.15, 0.2) is 36.4 Å². The van der Waals surface area contributed by atoms with E-state index in [0.717, 1.165) is 17.2 Å². The Balaban J connectivity index is 2.05. The number of aryl methyl sites for hydroxylation is 1. The van der Waals surface area contributed by atoms with Crippen molar-refractivity contribution < 1.29 is 19.2 Å². The van der Waals surface area contributed by atoms with Crippen molar-refractivity contribution in [3.05, 3.63) is 63.2 Å². The molecule has 8 nitrogen and oxygen atoms in total. The maximum absolute atomic E-state index is 12.2. The Morgan fingerprint density at radius 2 is 1.96 bits per heavy atom. The van der Waals surface area contributed by atoms with E-state index in [9.17, 15) is 19.7 Å². The predicted molar refractivity (Wildman–Crippen MR) is 102 cm³/mol. The average molecular weight is 371 g/mol. The molecule has 2 aromatic carbocycles. The fourth-order valence-electron chi connectivity index (χ4n) is 2.56. The van der Waals surface area contributed by atoms with Crippen LogP contribution >= 0.6 is 0 Å². The first-order chi connectivity index (χ1) is 12.7. The summed E-state index contributed by atoms with van der Waals surface area (Å²) in [5, 5.41) is 13.7. The molecule has 0 saturated heterocycles. The van der Waals surface area contributed by atoms with Crippen molar-refractivity contribution in [2.75, 3.05) is 17.7 Å². The number of carbonyl (C=O) groups is 2. The van der Waals surface area contributed by atoms with Crippen molar-refractivity contribution in [1.82, 2.24) is 0 Å². The van der Waals surface area contributed by atoms with Crippen LogP contribution in [0, 0.1) is 17.0 Å². The second-order valence-corrected chi connectivity index (χ2v) is 6.35. The van der Waals surface area contributed by atoms with Gasteiger partial charge in [-0.05, 0) is 36.1 Å². The molecule has 2 rings (SSSR count). The third-order valence-electron chi connectivity index (χ3n) is 3.99.